The van der Waals surface area contributed by atoms with Gasteiger partial charge in [-0.15, -0.1) is 0 Å². The van der Waals surface area contributed by atoms with E-state index in [0.29, 0.717) is 5.56 Å². The zero-order valence-electron chi connectivity index (χ0n) is 22.2. The number of carbonyl (C=O) groups excluding carboxylic acids is 2. The molecule has 3 aromatic rings. The number of hydrogen-bond acceptors (Lipinski definition) is 5. The maximum atomic E-state index is 13.9. The summed E-state index contributed by atoms with van der Waals surface area (Å²) in [5, 5.41) is 27.0. The predicted molar refractivity (Wildman–Crippen MR) is 147 cm³/mol. The van der Waals surface area contributed by atoms with Gasteiger partial charge in [0.25, 0.3) is 5.91 Å². The standard InChI is InChI=1S/C31H35F2N3O4/c32-25-14-23(15-26(33)17-25)16-27(30(39)28(37)18-29(38)34-19-21-6-2-1-3-7-21)35-31(40)24-10-8-22(9-11-24)20-36-12-4-5-13-36/h1-3,6-11,14-15,17,27-28,30,37,39H,4-5,12-13,16,18-20H2,(H,34,38)(H,35,40)/t27-,28+,30+/m0/s1. The van der Waals surface area contributed by atoms with Gasteiger partial charge in [0.1, 0.15) is 17.7 Å². The van der Waals surface area contributed by atoms with Crippen LogP contribution in [0.2, 0.25) is 0 Å². The second-order valence-electron chi connectivity index (χ2n) is 10.3. The maximum Gasteiger partial charge on any atom is 0.251 e. The van der Waals surface area contributed by atoms with E-state index in [-0.39, 0.29) is 18.5 Å². The average molecular weight is 552 g/mol. The summed E-state index contributed by atoms with van der Waals surface area (Å²) in [5.41, 5.74) is 2.46. The summed E-state index contributed by atoms with van der Waals surface area (Å²) in [6, 6.07) is 18.1. The van der Waals surface area contributed by atoms with Crippen molar-refractivity contribution in [2.45, 2.75) is 57.0 Å². The van der Waals surface area contributed by atoms with Crippen molar-refractivity contribution in [1.82, 2.24) is 15.5 Å². The van der Waals surface area contributed by atoms with Crippen molar-refractivity contribution in [2.75, 3.05) is 13.1 Å². The molecule has 4 rings (SSSR count). The van der Waals surface area contributed by atoms with Crippen LogP contribution in [0.4, 0.5) is 8.78 Å². The van der Waals surface area contributed by atoms with Crippen LogP contribution in [0.25, 0.3) is 0 Å². The Labute approximate surface area is 232 Å². The highest BCUT2D eigenvalue weighted by atomic mass is 19.1. The van der Waals surface area contributed by atoms with E-state index in [2.05, 4.69) is 15.5 Å². The van der Waals surface area contributed by atoms with Crippen LogP contribution in [0.15, 0.2) is 72.8 Å². The molecule has 0 spiro atoms. The SMILES string of the molecule is O=C(C[C@@H](O)[C@H](O)[C@H](Cc1cc(F)cc(F)c1)NC(=O)c1ccc(CN2CCCC2)cc1)NCc1ccccc1. The van der Waals surface area contributed by atoms with Crippen LogP contribution in [-0.2, 0) is 24.3 Å². The molecule has 1 saturated heterocycles. The first kappa shape index (κ1) is 29.3. The summed E-state index contributed by atoms with van der Waals surface area (Å²) in [5.74, 6) is -2.62. The fourth-order valence-corrected chi connectivity index (χ4v) is 4.90. The number of hydrogen-bond donors (Lipinski definition) is 4. The van der Waals surface area contributed by atoms with Gasteiger partial charge in [-0.3, -0.25) is 14.5 Å². The third kappa shape index (κ3) is 8.67. The Balaban J connectivity index is 1.42. The number of halogens is 2. The van der Waals surface area contributed by atoms with Crippen molar-refractivity contribution in [2.24, 2.45) is 0 Å². The topological polar surface area (TPSA) is 102 Å². The lowest BCUT2D eigenvalue weighted by Gasteiger charge is -2.28. The van der Waals surface area contributed by atoms with Gasteiger partial charge in [-0.2, -0.15) is 0 Å². The summed E-state index contributed by atoms with van der Waals surface area (Å²) < 4.78 is 27.7. The molecule has 0 aromatic heterocycles. The number of nitrogens with one attached hydrogen (secondary N) is 2. The van der Waals surface area contributed by atoms with Crippen LogP contribution < -0.4 is 10.6 Å². The zero-order chi connectivity index (χ0) is 28.5. The molecule has 2 amide bonds. The van der Waals surface area contributed by atoms with E-state index in [1.165, 1.54) is 12.8 Å². The zero-order valence-corrected chi connectivity index (χ0v) is 22.2. The van der Waals surface area contributed by atoms with Crippen LogP contribution in [0, 0.1) is 11.6 Å². The van der Waals surface area contributed by atoms with E-state index < -0.39 is 48.1 Å². The van der Waals surface area contributed by atoms with Crippen molar-refractivity contribution < 1.29 is 28.6 Å². The minimum absolute atomic E-state index is 0.169. The molecule has 0 saturated carbocycles. The van der Waals surface area contributed by atoms with Crippen molar-refractivity contribution in [3.05, 3.63) is 107 Å². The predicted octanol–water partition coefficient (Wildman–Crippen LogP) is 3.33. The van der Waals surface area contributed by atoms with E-state index in [1.807, 2.05) is 42.5 Å². The van der Waals surface area contributed by atoms with Crippen LogP contribution in [0.1, 0.15) is 46.3 Å². The average Bonchev–Trinajstić information content (AvgIpc) is 3.44. The largest absolute Gasteiger partial charge is 0.390 e. The summed E-state index contributed by atoms with van der Waals surface area (Å²) in [7, 11) is 0. The number of amides is 2. The maximum absolute atomic E-state index is 13.9. The first-order valence-electron chi connectivity index (χ1n) is 13.5. The lowest BCUT2D eigenvalue weighted by atomic mass is 9.95. The summed E-state index contributed by atoms with van der Waals surface area (Å²) in [6.07, 6.45) is -1.37. The normalized spacial score (nSPS) is 15.8. The van der Waals surface area contributed by atoms with E-state index in [1.54, 1.807) is 12.1 Å². The molecule has 9 heteroatoms. The highest BCUT2D eigenvalue weighted by Crippen LogP contribution is 2.17. The van der Waals surface area contributed by atoms with Crippen LogP contribution >= 0.6 is 0 Å². The number of aliphatic hydroxyl groups is 2. The Kier molecular flexibility index (Phi) is 10.3. The molecule has 3 aromatic carbocycles. The van der Waals surface area contributed by atoms with Crippen molar-refractivity contribution in [3.8, 4) is 0 Å². The van der Waals surface area contributed by atoms with Gasteiger partial charge in [0.2, 0.25) is 5.91 Å². The lowest BCUT2D eigenvalue weighted by molar-refractivity contribution is -0.125. The van der Waals surface area contributed by atoms with Crippen molar-refractivity contribution in [1.29, 1.82) is 0 Å². The molecule has 1 heterocycles. The Bertz CT molecular complexity index is 1250. The van der Waals surface area contributed by atoms with Crippen LogP contribution in [0.3, 0.4) is 0 Å². The molecular formula is C31H35F2N3O4. The second-order valence-corrected chi connectivity index (χ2v) is 10.3. The molecule has 3 atom stereocenters. The fourth-order valence-electron chi connectivity index (χ4n) is 4.90. The van der Waals surface area contributed by atoms with Gasteiger partial charge in [0.15, 0.2) is 0 Å². The minimum Gasteiger partial charge on any atom is -0.390 e. The Morgan fingerprint density at radius 3 is 2.15 bits per heavy atom. The van der Waals surface area contributed by atoms with Gasteiger partial charge in [-0.25, -0.2) is 8.78 Å². The molecule has 212 valence electrons. The smallest absolute Gasteiger partial charge is 0.251 e. The molecular weight excluding hydrogens is 516 g/mol. The Hall–Kier alpha value is -3.66. The van der Waals surface area contributed by atoms with Crippen LogP contribution in [-0.4, -0.2) is 58.3 Å². The molecule has 0 bridgehead atoms. The number of nitrogens with zero attached hydrogens (tertiary/aromatic N) is 1. The highest BCUT2D eigenvalue weighted by Gasteiger charge is 2.30. The molecule has 7 nitrogen and oxygen atoms in total. The molecule has 0 radical (unpaired) electrons. The monoisotopic (exact) mass is 551 g/mol. The lowest BCUT2D eigenvalue weighted by Crippen LogP contribution is -2.50. The van der Waals surface area contributed by atoms with E-state index in [9.17, 15) is 28.6 Å². The summed E-state index contributed by atoms with van der Waals surface area (Å²) in [4.78, 5) is 27.9. The third-order valence-corrected chi connectivity index (χ3v) is 7.05. The van der Waals surface area contributed by atoms with Crippen LogP contribution in [0.5, 0.6) is 0 Å². The number of carbonyl (C=O) groups is 2. The highest BCUT2D eigenvalue weighted by molar-refractivity contribution is 5.94. The van der Waals surface area contributed by atoms with Gasteiger partial charge in [0, 0.05) is 24.7 Å². The molecule has 40 heavy (non-hydrogen) atoms. The number of likely N-dealkylation sites (tertiary alicyclic amines) is 1. The van der Waals surface area contributed by atoms with Gasteiger partial charge in [-0.05, 0) is 73.3 Å². The minimum atomic E-state index is -1.59. The van der Waals surface area contributed by atoms with Gasteiger partial charge in [0.05, 0.1) is 18.6 Å². The molecule has 1 aliphatic rings. The second kappa shape index (κ2) is 14.1. The first-order chi connectivity index (χ1) is 19.3. The van der Waals surface area contributed by atoms with E-state index in [0.717, 1.165) is 49.0 Å². The Morgan fingerprint density at radius 2 is 1.50 bits per heavy atom. The molecule has 0 unspecified atom stereocenters. The summed E-state index contributed by atoms with van der Waals surface area (Å²) >= 11 is 0. The summed E-state index contributed by atoms with van der Waals surface area (Å²) in [6.45, 7) is 3.15. The number of aliphatic hydroxyl groups excluding tert-OH is 2. The third-order valence-electron chi connectivity index (χ3n) is 7.05. The quantitative estimate of drug-likeness (QED) is 0.277. The van der Waals surface area contributed by atoms with Crippen molar-refractivity contribution >= 4 is 11.8 Å². The van der Waals surface area contributed by atoms with E-state index >= 15 is 0 Å². The first-order valence-corrected chi connectivity index (χ1v) is 13.5. The molecule has 4 N–H and O–H groups in total. The van der Waals surface area contributed by atoms with E-state index in [4.69, 9.17) is 0 Å². The Morgan fingerprint density at radius 1 is 0.850 bits per heavy atom. The molecule has 1 aliphatic heterocycles. The molecule has 0 aliphatic carbocycles. The fraction of sp³-hybridized carbons (Fsp3) is 0.355. The molecule has 1 fully saturated rings. The number of rotatable bonds is 12. The van der Waals surface area contributed by atoms with Gasteiger partial charge in [-0.1, -0.05) is 42.5 Å². The van der Waals surface area contributed by atoms with Gasteiger partial charge >= 0.3 is 0 Å². The number of benzene rings is 3. The van der Waals surface area contributed by atoms with Gasteiger partial charge < -0.3 is 20.8 Å². The van der Waals surface area contributed by atoms with Crippen molar-refractivity contribution in [3.63, 3.8) is 0 Å².